The Morgan fingerprint density at radius 1 is 1.06 bits per heavy atom. The molecule has 1 amide bonds. The van der Waals surface area contributed by atoms with Crippen molar-refractivity contribution in [3.05, 3.63) is 82.5 Å². The molecule has 1 N–H and O–H groups in total. The summed E-state index contributed by atoms with van der Waals surface area (Å²) < 4.78 is 29.3. The SMILES string of the molecule is CCOc1cccc2cc(C(=O)NCCOc3ccc(-c4ccc(F)cc4)nn3)c(=O)oc12. The van der Waals surface area contributed by atoms with Crippen molar-refractivity contribution in [2.75, 3.05) is 19.8 Å². The number of hydrogen-bond donors (Lipinski definition) is 1. The van der Waals surface area contributed by atoms with Crippen LogP contribution in [0.5, 0.6) is 11.6 Å². The number of halogens is 1. The van der Waals surface area contributed by atoms with Crippen LogP contribution in [0.2, 0.25) is 0 Å². The smallest absolute Gasteiger partial charge is 0.349 e. The largest absolute Gasteiger partial charge is 0.490 e. The van der Waals surface area contributed by atoms with Gasteiger partial charge in [0.1, 0.15) is 18.0 Å². The molecule has 0 atom stereocenters. The van der Waals surface area contributed by atoms with E-state index in [4.69, 9.17) is 13.9 Å². The van der Waals surface area contributed by atoms with Gasteiger partial charge in [0.15, 0.2) is 11.3 Å². The summed E-state index contributed by atoms with van der Waals surface area (Å²) in [5.74, 6) is -0.193. The van der Waals surface area contributed by atoms with Crippen molar-refractivity contribution in [2.24, 2.45) is 0 Å². The predicted octanol–water partition coefficient (Wildman–Crippen LogP) is 3.60. The van der Waals surface area contributed by atoms with Crippen LogP contribution in [-0.4, -0.2) is 35.9 Å². The third kappa shape index (κ3) is 5.15. The molecular weight excluding hydrogens is 429 g/mol. The van der Waals surface area contributed by atoms with Gasteiger partial charge in [0.2, 0.25) is 5.88 Å². The number of rotatable bonds is 8. The van der Waals surface area contributed by atoms with E-state index in [1.54, 1.807) is 42.5 Å². The number of ether oxygens (including phenoxy) is 2. The van der Waals surface area contributed by atoms with Gasteiger partial charge in [-0.3, -0.25) is 4.79 Å². The molecule has 0 saturated heterocycles. The Morgan fingerprint density at radius 2 is 1.88 bits per heavy atom. The lowest BCUT2D eigenvalue weighted by Crippen LogP contribution is -2.31. The maximum Gasteiger partial charge on any atom is 0.349 e. The average molecular weight is 449 g/mol. The normalized spacial score (nSPS) is 10.7. The molecule has 0 spiro atoms. The highest BCUT2D eigenvalue weighted by Crippen LogP contribution is 2.25. The van der Waals surface area contributed by atoms with Crippen LogP contribution in [0.4, 0.5) is 4.39 Å². The van der Waals surface area contributed by atoms with Crippen molar-refractivity contribution in [3.8, 4) is 22.9 Å². The first-order valence-corrected chi connectivity index (χ1v) is 10.3. The fourth-order valence-electron chi connectivity index (χ4n) is 3.13. The van der Waals surface area contributed by atoms with Crippen LogP contribution in [0, 0.1) is 5.82 Å². The van der Waals surface area contributed by atoms with E-state index >= 15 is 0 Å². The lowest BCUT2D eigenvalue weighted by Gasteiger charge is -2.08. The van der Waals surface area contributed by atoms with Gasteiger partial charge in [-0.15, -0.1) is 10.2 Å². The molecule has 8 nitrogen and oxygen atoms in total. The topological polar surface area (TPSA) is 104 Å². The minimum Gasteiger partial charge on any atom is -0.490 e. The van der Waals surface area contributed by atoms with Gasteiger partial charge in [-0.1, -0.05) is 12.1 Å². The van der Waals surface area contributed by atoms with Crippen LogP contribution in [0.1, 0.15) is 17.3 Å². The molecule has 0 bridgehead atoms. The standard InChI is InChI=1S/C24H20FN3O5/c1-2-31-20-5-3-4-16-14-18(24(30)33-22(16)20)23(29)26-12-13-32-21-11-10-19(27-28-21)15-6-8-17(25)9-7-15/h3-11,14H,2,12-13H2,1H3,(H,26,29). The zero-order chi connectivity index (χ0) is 23.2. The number of benzene rings is 2. The fraction of sp³-hybridized carbons (Fsp3) is 0.167. The summed E-state index contributed by atoms with van der Waals surface area (Å²) in [4.78, 5) is 24.7. The summed E-state index contributed by atoms with van der Waals surface area (Å²) in [6.07, 6.45) is 0. The van der Waals surface area contributed by atoms with Crippen LogP contribution in [-0.2, 0) is 0 Å². The minimum atomic E-state index is -0.754. The van der Waals surface area contributed by atoms with Crippen LogP contribution >= 0.6 is 0 Å². The molecule has 2 heterocycles. The van der Waals surface area contributed by atoms with Crippen molar-refractivity contribution in [2.45, 2.75) is 6.92 Å². The quantitative estimate of drug-likeness (QED) is 0.324. The highest BCUT2D eigenvalue weighted by Gasteiger charge is 2.15. The molecule has 0 aliphatic rings. The molecule has 0 aliphatic heterocycles. The van der Waals surface area contributed by atoms with E-state index < -0.39 is 11.5 Å². The number of nitrogens with zero attached hydrogens (tertiary/aromatic N) is 2. The summed E-state index contributed by atoms with van der Waals surface area (Å²) in [6, 6.07) is 15.9. The van der Waals surface area contributed by atoms with Crippen molar-refractivity contribution in [3.63, 3.8) is 0 Å². The van der Waals surface area contributed by atoms with Crippen molar-refractivity contribution in [1.82, 2.24) is 15.5 Å². The van der Waals surface area contributed by atoms with Crippen LogP contribution in [0.3, 0.4) is 0 Å². The highest BCUT2D eigenvalue weighted by atomic mass is 19.1. The first-order chi connectivity index (χ1) is 16.0. The molecular formula is C24H20FN3O5. The van der Waals surface area contributed by atoms with E-state index in [-0.39, 0.29) is 30.4 Å². The van der Waals surface area contributed by atoms with Gasteiger partial charge in [0, 0.05) is 17.0 Å². The average Bonchev–Trinajstić information content (AvgIpc) is 2.83. The number of carbonyl (C=O) groups is 1. The molecule has 168 valence electrons. The van der Waals surface area contributed by atoms with Crippen LogP contribution < -0.4 is 20.4 Å². The zero-order valence-electron chi connectivity index (χ0n) is 17.7. The van der Waals surface area contributed by atoms with Gasteiger partial charge in [0.05, 0.1) is 18.8 Å². The Hall–Kier alpha value is -4.27. The van der Waals surface area contributed by atoms with Crippen LogP contribution in [0.25, 0.3) is 22.2 Å². The monoisotopic (exact) mass is 449 g/mol. The first-order valence-electron chi connectivity index (χ1n) is 10.3. The zero-order valence-corrected chi connectivity index (χ0v) is 17.7. The van der Waals surface area contributed by atoms with E-state index in [2.05, 4.69) is 15.5 Å². The van der Waals surface area contributed by atoms with Crippen molar-refractivity contribution < 1.29 is 23.1 Å². The molecule has 2 aromatic heterocycles. The van der Waals surface area contributed by atoms with Gasteiger partial charge in [-0.25, -0.2) is 9.18 Å². The Kier molecular flexibility index (Phi) is 6.58. The van der Waals surface area contributed by atoms with E-state index in [9.17, 15) is 14.0 Å². The number of amides is 1. The highest BCUT2D eigenvalue weighted by molar-refractivity contribution is 5.97. The number of hydrogen-bond acceptors (Lipinski definition) is 7. The fourth-order valence-corrected chi connectivity index (χ4v) is 3.13. The van der Waals surface area contributed by atoms with Gasteiger partial charge >= 0.3 is 5.63 Å². The number of fused-ring (bicyclic) bond motifs is 1. The second kappa shape index (κ2) is 9.90. The molecule has 0 aliphatic carbocycles. The van der Waals surface area contributed by atoms with Gasteiger partial charge in [0.25, 0.3) is 5.91 Å². The molecule has 4 aromatic rings. The summed E-state index contributed by atoms with van der Waals surface area (Å²) in [7, 11) is 0. The van der Waals surface area contributed by atoms with Gasteiger partial charge in [-0.2, -0.15) is 0 Å². The lowest BCUT2D eigenvalue weighted by atomic mass is 10.1. The van der Waals surface area contributed by atoms with E-state index in [0.29, 0.717) is 29.0 Å². The molecule has 2 aromatic carbocycles. The van der Waals surface area contributed by atoms with E-state index in [0.717, 1.165) is 5.56 Å². The number of para-hydroxylation sites is 1. The maximum atomic E-state index is 13.0. The summed E-state index contributed by atoms with van der Waals surface area (Å²) in [5.41, 5.74) is 0.735. The minimum absolute atomic E-state index is 0.111. The Balaban J connectivity index is 1.34. The second-order valence-corrected chi connectivity index (χ2v) is 6.92. The Bertz CT molecular complexity index is 1320. The van der Waals surface area contributed by atoms with Gasteiger partial charge in [-0.05, 0) is 49.4 Å². The Morgan fingerprint density at radius 3 is 2.61 bits per heavy atom. The molecule has 0 unspecified atom stereocenters. The predicted molar refractivity (Wildman–Crippen MR) is 119 cm³/mol. The van der Waals surface area contributed by atoms with E-state index in [1.165, 1.54) is 18.2 Å². The summed E-state index contributed by atoms with van der Waals surface area (Å²) in [5, 5.41) is 11.2. The molecule has 4 rings (SSSR count). The maximum absolute atomic E-state index is 13.0. The molecule has 0 radical (unpaired) electrons. The second-order valence-electron chi connectivity index (χ2n) is 6.92. The first kappa shape index (κ1) is 21.9. The van der Waals surface area contributed by atoms with Gasteiger partial charge < -0.3 is 19.2 Å². The van der Waals surface area contributed by atoms with E-state index in [1.807, 2.05) is 6.92 Å². The third-order valence-electron chi connectivity index (χ3n) is 4.69. The number of nitrogens with one attached hydrogen (secondary N) is 1. The van der Waals surface area contributed by atoms with Crippen molar-refractivity contribution in [1.29, 1.82) is 0 Å². The lowest BCUT2D eigenvalue weighted by molar-refractivity contribution is 0.0943. The number of carbonyl (C=O) groups excluding carboxylic acids is 1. The van der Waals surface area contributed by atoms with Crippen molar-refractivity contribution >= 4 is 16.9 Å². The molecule has 0 fully saturated rings. The molecule has 9 heteroatoms. The summed E-state index contributed by atoms with van der Waals surface area (Å²) in [6.45, 7) is 2.50. The molecule has 0 saturated carbocycles. The summed E-state index contributed by atoms with van der Waals surface area (Å²) >= 11 is 0. The molecule has 33 heavy (non-hydrogen) atoms. The van der Waals surface area contributed by atoms with Crippen LogP contribution in [0.15, 0.2) is 69.9 Å². The third-order valence-corrected chi connectivity index (χ3v) is 4.69. The Labute approximate surface area is 188 Å². The number of aromatic nitrogens is 2.